The second-order valence-corrected chi connectivity index (χ2v) is 4.85. The maximum absolute atomic E-state index is 11.7. The summed E-state index contributed by atoms with van der Waals surface area (Å²) in [4.78, 5) is 11.7. The van der Waals surface area contributed by atoms with Crippen molar-refractivity contribution in [2.24, 2.45) is 11.7 Å². The highest BCUT2D eigenvalue weighted by molar-refractivity contribution is 5.85. The first-order chi connectivity index (χ1) is 7.44. The summed E-state index contributed by atoms with van der Waals surface area (Å²) in [7, 11) is 0. The summed E-state index contributed by atoms with van der Waals surface area (Å²) in [6.45, 7) is 6.62. The lowest BCUT2D eigenvalue weighted by Crippen LogP contribution is -2.51. The number of amides is 1. The van der Waals surface area contributed by atoms with Crippen LogP contribution in [0.15, 0.2) is 0 Å². The van der Waals surface area contributed by atoms with E-state index in [-0.39, 0.29) is 12.5 Å². The molecule has 0 saturated carbocycles. The van der Waals surface area contributed by atoms with E-state index in [9.17, 15) is 4.79 Å². The molecule has 0 aromatic carbocycles. The van der Waals surface area contributed by atoms with E-state index < -0.39 is 5.54 Å². The van der Waals surface area contributed by atoms with Gasteiger partial charge in [0.15, 0.2) is 0 Å². The van der Waals surface area contributed by atoms with Crippen LogP contribution in [0.25, 0.3) is 0 Å². The number of rotatable bonds is 8. The summed E-state index contributed by atoms with van der Waals surface area (Å²) >= 11 is 0. The lowest BCUT2D eigenvalue weighted by Gasteiger charge is -2.22. The highest BCUT2D eigenvalue weighted by Gasteiger charge is 2.26. The zero-order chi connectivity index (χ0) is 12.6. The molecule has 0 heterocycles. The van der Waals surface area contributed by atoms with Gasteiger partial charge in [-0.3, -0.25) is 4.79 Å². The van der Waals surface area contributed by atoms with Crippen LogP contribution in [0.3, 0.4) is 0 Å². The quantitative estimate of drug-likeness (QED) is 0.545. The number of hydrogen-bond acceptors (Lipinski definition) is 3. The Hall–Kier alpha value is -0.610. The fourth-order valence-corrected chi connectivity index (χ4v) is 1.58. The minimum absolute atomic E-state index is 0.0778. The van der Waals surface area contributed by atoms with Gasteiger partial charge in [-0.15, -0.1) is 0 Å². The van der Waals surface area contributed by atoms with Crippen LogP contribution >= 0.6 is 0 Å². The largest absolute Gasteiger partial charge is 0.396 e. The maximum atomic E-state index is 11.7. The molecule has 0 spiro atoms. The van der Waals surface area contributed by atoms with Crippen LogP contribution < -0.4 is 11.1 Å². The standard InChI is InChI=1S/C12H26N2O2/c1-4-7-12(3,13)11(16)14-8-5-6-10(2)9-15/h10,15H,4-9,13H2,1-3H3,(H,14,16). The molecule has 0 aliphatic rings. The lowest BCUT2D eigenvalue weighted by atomic mass is 9.96. The van der Waals surface area contributed by atoms with E-state index >= 15 is 0 Å². The van der Waals surface area contributed by atoms with Gasteiger partial charge >= 0.3 is 0 Å². The molecule has 4 heteroatoms. The average Bonchev–Trinajstić information content (AvgIpc) is 2.23. The smallest absolute Gasteiger partial charge is 0.239 e. The van der Waals surface area contributed by atoms with Gasteiger partial charge in [0.05, 0.1) is 5.54 Å². The second-order valence-electron chi connectivity index (χ2n) is 4.85. The molecule has 0 fully saturated rings. The Kier molecular flexibility index (Phi) is 7.34. The molecule has 2 atom stereocenters. The minimum Gasteiger partial charge on any atom is -0.396 e. The molecule has 4 nitrogen and oxygen atoms in total. The highest BCUT2D eigenvalue weighted by atomic mass is 16.3. The zero-order valence-corrected chi connectivity index (χ0v) is 10.8. The molecule has 0 bridgehead atoms. The van der Waals surface area contributed by atoms with Gasteiger partial charge in [0, 0.05) is 13.2 Å². The molecule has 96 valence electrons. The van der Waals surface area contributed by atoms with Crippen molar-refractivity contribution < 1.29 is 9.90 Å². The summed E-state index contributed by atoms with van der Waals surface area (Å²) in [6.07, 6.45) is 3.41. The Balaban J connectivity index is 3.73. The van der Waals surface area contributed by atoms with Crippen LogP contribution in [-0.4, -0.2) is 29.7 Å². The van der Waals surface area contributed by atoms with Gasteiger partial charge in [-0.2, -0.15) is 0 Å². The summed E-state index contributed by atoms with van der Waals surface area (Å²) in [5, 5.41) is 11.7. The molecule has 0 radical (unpaired) electrons. The Morgan fingerprint density at radius 3 is 2.69 bits per heavy atom. The molecule has 0 aliphatic heterocycles. The fourth-order valence-electron chi connectivity index (χ4n) is 1.58. The normalized spacial score (nSPS) is 16.6. The molecule has 0 aliphatic carbocycles. The van der Waals surface area contributed by atoms with E-state index in [1.165, 1.54) is 0 Å². The molecule has 0 aromatic heterocycles. The van der Waals surface area contributed by atoms with Crippen molar-refractivity contribution in [2.75, 3.05) is 13.2 Å². The van der Waals surface area contributed by atoms with Crippen molar-refractivity contribution in [3.05, 3.63) is 0 Å². The van der Waals surface area contributed by atoms with E-state index in [1.54, 1.807) is 6.92 Å². The zero-order valence-electron chi connectivity index (χ0n) is 10.8. The number of hydrogen-bond donors (Lipinski definition) is 3. The number of nitrogens with one attached hydrogen (secondary N) is 1. The van der Waals surface area contributed by atoms with Gasteiger partial charge in [0.2, 0.25) is 5.91 Å². The summed E-state index contributed by atoms with van der Waals surface area (Å²) in [6, 6.07) is 0. The number of carbonyl (C=O) groups is 1. The molecule has 1 amide bonds. The summed E-state index contributed by atoms with van der Waals surface area (Å²) < 4.78 is 0. The lowest BCUT2D eigenvalue weighted by molar-refractivity contribution is -0.126. The van der Waals surface area contributed by atoms with Gasteiger partial charge in [-0.1, -0.05) is 20.3 Å². The van der Waals surface area contributed by atoms with Gasteiger partial charge in [0.25, 0.3) is 0 Å². The first-order valence-electron chi connectivity index (χ1n) is 6.12. The Labute approximate surface area is 98.6 Å². The Morgan fingerprint density at radius 1 is 1.56 bits per heavy atom. The molecule has 0 saturated heterocycles. The third kappa shape index (κ3) is 6.08. The minimum atomic E-state index is -0.753. The first kappa shape index (κ1) is 15.4. The van der Waals surface area contributed by atoms with E-state index in [0.717, 1.165) is 19.3 Å². The predicted octanol–water partition coefficient (Wildman–Crippen LogP) is 1.03. The molecular weight excluding hydrogens is 204 g/mol. The SMILES string of the molecule is CCCC(C)(N)C(=O)NCCCC(C)CO. The van der Waals surface area contributed by atoms with Crippen molar-refractivity contribution in [2.45, 2.75) is 52.0 Å². The van der Waals surface area contributed by atoms with Gasteiger partial charge in [-0.25, -0.2) is 0 Å². The van der Waals surface area contributed by atoms with Crippen molar-refractivity contribution in [3.8, 4) is 0 Å². The average molecular weight is 230 g/mol. The molecule has 0 aromatic rings. The molecule has 4 N–H and O–H groups in total. The monoisotopic (exact) mass is 230 g/mol. The second kappa shape index (κ2) is 7.63. The van der Waals surface area contributed by atoms with E-state index in [4.69, 9.17) is 10.8 Å². The summed E-state index contributed by atoms with van der Waals surface area (Å²) in [5.41, 5.74) is 5.13. The van der Waals surface area contributed by atoms with Crippen LogP contribution in [0.5, 0.6) is 0 Å². The van der Waals surface area contributed by atoms with E-state index in [1.807, 2.05) is 13.8 Å². The molecule has 2 unspecified atom stereocenters. The fraction of sp³-hybridized carbons (Fsp3) is 0.917. The first-order valence-corrected chi connectivity index (χ1v) is 6.12. The third-order valence-electron chi connectivity index (χ3n) is 2.76. The Morgan fingerprint density at radius 2 is 2.19 bits per heavy atom. The predicted molar refractivity (Wildman–Crippen MR) is 66.0 cm³/mol. The molecule has 16 heavy (non-hydrogen) atoms. The van der Waals surface area contributed by atoms with Crippen LogP contribution in [0.1, 0.15) is 46.5 Å². The van der Waals surface area contributed by atoms with Crippen LogP contribution in [0.2, 0.25) is 0 Å². The summed E-state index contributed by atoms with van der Waals surface area (Å²) in [5.74, 6) is 0.225. The number of aliphatic hydroxyl groups is 1. The third-order valence-corrected chi connectivity index (χ3v) is 2.76. The number of nitrogens with two attached hydrogens (primary N) is 1. The maximum Gasteiger partial charge on any atom is 0.239 e. The van der Waals surface area contributed by atoms with Crippen LogP contribution in [0.4, 0.5) is 0 Å². The van der Waals surface area contributed by atoms with Gasteiger partial charge in [-0.05, 0) is 32.1 Å². The van der Waals surface area contributed by atoms with Crippen molar-refractivity contribution in [3.63, 3.8) is 0 Å². The number of aliphatic hydroxyl groups excluding tert-OH is 1. The van der Waals surface area contributed by atoms with E-state index in [2.05, 4.69) is 5.32 Å². The number of carbonyl (C=O) groups excluding carboxylic acids is 1. The van der Waals surface area contributed by atoms with Crippen molar-refractivity contribution in [1.82, 2.24) is 5.32 Å². The van der Waals surface area contributed by atoms with Crippen molar-refractivity contribution >= 4 is 5.91 Å². The van der Waals surface area contributed by atoms with Gasteiger partial charge in [0.1, 0.15) is 0 Å². The van der Waals surface area contributed by atoms with Gasteiger partial charge < -0.3 is 16.2 Å². The van der Waals surface area contributed by atoms with Crippen molar-refractivity contribution in [1.29, 1.82) is 0 Å². The highest BCUT2D eigenvalue weighted by Crippen LogP contribution is 2.08. The molecular formula is C12H26N2O2. The van der Waals surface area contributed by atoms with Crippen LogP contribution in [-0.2, 0) is 4.79 Å². The van der Waals surface area contributed by atoms with E-state index in [0.29, 0.717) is 18.9 Å². The topological polar surface area (TPSA) is 75.4 Å². The Bertz CT molecular complexity index is 205. The van der Waals surface area contributed by atoms with Crippen LogP contribution in [0, 0.1) is 5.92 Å². The molecule has 0 rings (SSSR count).